The van der Waals surface area contributed by atoms with Crippen molar-refractivity contribution in [2.75, 3.05) is 0 Å². The Balaban J connectivity index is 1.12. The minimum Gasteiger partial charge on any atom is -0.456 e. The molecule has 0 radical (unpaired) electrons. The van der Waals surface area contributed by atoms with Gasteiger partial charge < -0.3 is 8.82 Å². The average Bonchev–Trinajstić information content (AvgIpc) is 3.84. The molecule has 0 fully saturated rings. The minimum absolute atomic E-state index is 0.634. The number of para-hydroxylation sites is 2. The Bertz CT molecular complexity index is 3030. The fraction of sp³-hybridized carbons (Fsp3) is 0. The number of furan rings is 1. The van der Waals surface area contributed by atoms with E-state index in [1.54, 1.807) is 0 Å². The molecule has 0 amide bonds. The first-order valence-electron chi connectivity index (χ1n) is 16.8. The number of nitrogens with zero attached hydrogens (tertiary/aromatic N) is 4. The molecule has 7 aromatic carbocycles. The van der Waals surface area contributed by atoms with Crippen molar-refractivity contribution in [3.8, 4) is 45.3 Å². The molecular weight excluding hydrogens is 613 g/mol. The van der Waals surface area contributed by atoms with Crippen LogP contribution >= 0.6 is 0 Å². The molecule has 5 nitrogen and oxygen atoms in total. The first-order valence-corrected chi connectivity index (χ1v) is 16.8. The molecule has 5 heteroatoms. The molecule has 0 spiro atoms. The number of hydrogen-bond acceptors (Lipinski definition) is 4. The molecule has 11 rings (SSSR count). The van der Waals surface area contributed by atoms with Crippen molar-refractivity contribution in [2.24, 2.45) is 0 Å². The summed E-state index contributed by atoms with van der Waals surface area (Å²) in [5, 5.41) is 7.18. The number of benzene rings is 7. The first-order chi connectivity index (χ1) is 24.8. The van der Waals surface area contributed by atoms with Crippen molar-refractivity contribution in [3.63, 3.8) is 0 Å². The lowest BCUT2D eigenvalue weighted by Crippen LogP contribution is -2.00. The van der Waals surface area contributed by atoms with E-state index in [-0.39, 0.29) is 0 Å². The summed E-state index contributed by atoms with van der Waals surface area (Å²) in [5.74, 6) is 1.93. The van der Waals surface area contributed by atoms with Crippen LogP contribution in [0.25, 0.3) is 105 Å². The van der Waals surface area contributed by atoms with Gasteiger partial charge in [-0.1, -0.05) is 121 Å². The number of aromatic nitrogens is 4. The zero-order chi connectivity index (χ0) is 32.8. The predicted molar refractivity (Wildman–Crippen MR) is 204 cm³/mol. The lowest BCUT2D eigenvalue weighted by Gasteiger charge is -2.09. The maximum atomic E-state index is 6.62. The maximum absolute atomic E-state index is 6.62. The van der Waals surface area contributed by atoms with Gasteiger partial charge in [-0.2, -0.15) is 0 Å². The standard InChI is InChI=1S/C45H26N4O/c1-3-12-27(13-4-1)43-46-44(28-14-5-2-6-15-28)48-45(47-43)31-17-11-16-29(24-31)30-22-23-38-35(25-30)40-39(50-38)26-34-32-18-7-9-20-36(32)49-37-21-10-8-19-33(37)41(40)42(34)49/h1-26H. The highest BCUT2D eigenvalue weighted by Gasteiger charge is 2.23. The third-order valence-corrected chi connectivity index (χ3v) is 9.96. The Morgan fingerprint density at radius 1 is 0.360 bits per heavy atom. The fourth-order valence-corrected chi connectivity index (χ4v) is 7.73. The molecule has 0 aliphatic rings. The lowest BCUT2D eigenvalue weighted by atomic mass is 9.98. The van der Waals surface area contributed by atoms with E-state index in [1.807, 2.05) is 60.7 Å². The van der Waals surface area contributed by atoms with Crippen LogP contribution in [0.1, 0.15) is 0 Å². The quantitative estimate of drug-likeness (QED) is 0.192. The molecule has 0 aliphatic heterocycles. The van der Waals surface area contributed by atoms with Crippen LogP contribution in [0.5, 0.6) is 0 Å². The first kappa shape index (κ1) is 27.1. The van der Waals surface area contributed by atoms with Crippen molar-refractivity contribution in [2.45, 2.75) is 0 Å². The molecule has 50 heavy (non-hydrogen) atoms. The second kappa shape index (κ2) is 10.3. The normalized spacial score (nSPS) is 12.0. The summed E-state index contributed by atoms with van der Waals surface area (Å²) in [5.41, 5.74) is 10.4. The van der Waals surface area contributed by atoms with Gasteiger partial charge in [0.1, 0.15) is 11.2 Å². The van der Waals surface area contributed by atoms with Crippen molar-refractivity contribution in [1.29, 1.82) is 0 Å². The largest absolute Gasteiger partial charge is 0.456 e. The van der Waals surface area contributed by atoms with E-state index in [2.05, 4.69) is 101 Å². The molecule has 0 unspecified atom stereocenters. The van der Waals surface area contributed by atoms with Gasteiger partial charge in [0.2, 0.25) is 0 Å². The summed E-state index contributed by atoms with van der Waals surface area (Å²) < 4.78 is 9.04. The van der Waals surface area contributed by atoms with Gasteiger partial charge in [0.25, 0.3) is 0 Å². The van der Waals surface area contributed by atoms with Gasteiger partial charge in [0.15, 0.2) is 17.5 Å². The van der Waals surface area contributed by atoms with E-state index >= 15 is 0 Å². The Labute approximate surface area is 286 Å². The lowest BCUT2D eigenvalue weighted by molar-refractivity contribution is 0.669. The SMILES string of the molecule is c1ccc(-c2nc(-c3ccccc3)nc(-c3cccc(-c4ccc5oc6cc7c8ccccc8n8c9ccccc9c(c6c5c4)c78)c3)n2)cc1. The van der Waals surface area contributed by atoms with Crippen LogP contribution in [0.15, 0.2) is 162 Å². The fourth-order valence-electron chi connectivity index (χ4n) is 7.73. The Morgan fingerprint density at radius 3 is 1.64 bits per heavy atom. The second-order valence-electron chi connectivity index (χ2n) is 12.8. The van der Waals surface area contributed by atoms with Crippen LogP contribution in [0.4, 0.5) is 0 Å². The molecule has 0 saturated heterocycles. The van der Waals surface area contributed by atoms with Crippen LogP contribution in [-0.4, -0.2) is 19.4 Å². The van der Waals surface area contributed by atoms with Crippen molar-refractivity contribution in [3.05, 3.63) is 158 Å². The highest BCUT2D eigenvalue weighted by Crippen LogP contribution is 2.46. The number of fused-ring (bicyclic) bond motifs is 10. The Morgan fingerprint density at radius 2 is 0.920 bits per heavy atom. The van der Waals surface area contributed by atoms with Gasteiger partial charge in [0.05, 0.1) is 16.6 Å². The van der Waals surface area contributed by atoms with E-state index in [9.17, 15) is 0 Å². The number of rotatable bonds is 4. The van der Waals surface area contributed by atoms with E-state index < -0.39 is 0 Å². The number of hydrogen-bond donors (Lipinski definition) is 0. The van der Waals surface area contributed by atoms with Crippen LogP contribution in [0.3, 0.4) is 0 Å². The molecule has 4 aromatic heterocycles. The van der Waals surface area contributed by atoms with E-state index in [4.69, 9.17) is 19.4 Å². The van der Waals surface area contributed by atoms with Crippen molar-refractivity contribution < 1.29 is 4.42 Å². The summed E-state index contributed by atoms with van der Waals surface area (Å²) in [6.07, 6.45) is 0. The summed E-state index contributed by atoms with van der Waals surface area (Å²) in [4.78, 5) is 14.8. The van der Waals surface area contributed by atoms with Gasteiger partial charge in [0, 0.05) is 49.0 Å². The molecule has 0 aliphatic carbocycles. The smallest absolute Gasteiger partial charge is 0.164 e. The van der Waals surface area contributed by atoms with Crippen LogP contribution < -0.4 is 0 Å². The molecule has 232 valence electrons. The second-order valence-corrected chi connectivity index (χ2v) is 12.8. The van der Waals surface area contributed by atoms with Crippen LogP contribution in [0, 0.1) is 0 Å². The van der Waals surface area contributed by atoms with E-state index in [1.165, 1.54) is 38.1 Å². The summed E-state index contributed by atoms with van der Waals surface area (Å²) >= 11 is 0. The topological polar surface area (TPSA) is 56.2 Å². The van der Waals surface area contributed by atoms with Crippen molar-refractivity contribution >= 4 is 60.0 Å². The van der Waals surface area contributed by atoms with Gasteiger partial charge in [-0.15, -0.1) is 0 Å². The predicted octanol–water partition coefficient (Wildman–Crippen LogP) is 11.6. The van der Waals surface area contributed by atoms with Gasteiger partial charge >= 0.3 is 0 Å². The van der Waals surface area contributed by atoms with E-state index in [0.717, 1.165) is 49.8 Å². The average molecular weight is 639 g/mol. The summed E-state index contributed by atoms with van der Waals surface area (Å²) in [7, 11) is 0. The van der Waals surface area contributed by atoms with Crippen molar-refractivity contribution in [1.82, 2.24) is 19.4 Å². The zero-order valence-corrected chi connectivity index (χ0v) is 26.7. The molecule has 0 N–H and O–H groups in total. The van der Waals surface area contributed by atoms with Crippen LogP contribution in [0.2, 0.25) is 0 Å². The molecule has 0 atom stereocenters. The highest BCUT2D eigenvalue weighted by atomic mass is 16.3. The molecule has 0 saturated carbocycles. The highest BCUT2D eigenvalue weighted by molar-refractivity contribution is 6.34. The van der Waals surface area contributed by atoms with Gasteiger partial charge in [-0.05, 0) is 47.5 Å². The van der Waals surface area contributed by atoms with Gasteiger partial charge in [-0.3, -0.25) is 0 Å². The summed E-state index contributed by atoms with van der Waals surface area (Å²) in [6, 6.07) is 54.8. The third-order valence-electron chi connectivity index (χ3n) is 9.96. The Hall–Kier alpha value is -6.85. The van der Waals surface area contributed by atoms with Gasteiger partial charge in [-0.25, -0.2) is 15.0 Å². The summed E-state index contributed by atoms with van der Waals surface area (Å²) in [6.45, 7) is 0. The molecule has 11 aromatic rings. The molecule has 4 heterocycles. The maximum Gasteiger partial charge on any atom is 0.164 e. The molecule has 0 bridgehead atoms. The Kier molecular flexibility index (Phi) is 5.60. The van der Waals surface area contributed by atoms with Crippen LogP contribution in [-0.2, 0) is 0 Å². The zero-order valence-electron chi connectivity index (χ0n) is 26.7. The van der Waals surface area contributed by atoms with E-state index in [0.29, 0.717) is 17.5 Å². The molecular formula is C45H26N4O. The monoisotopic (exact) mass is 638 g/mol. The third kappa shape index (κ3) is 3.92. The minimum atomic E-state index is 0.634.